The topological polar surface area (TPSA) is 80.7 Å². The molecule has 0 spiro atoms. The molecule has 0 bridgehead atoms. The lowest BCUT2D eigenvalue weighted by molar-refractivity contribution is -0.149. The first kappa shape index (κ1) is 28.1. The summed E-state index contributed by atoms with van der Waals surface area (Å²) in [5.41, 5.74) is -0.704. The second-order valence-electron chi connectivity index (χ2n) is 8.89. The fraction of sp³-hybridized carbons (Fsp3) is 0.870. The Morgan fingerprint density at radius 3 is 1.90 bits per heavy atom. The third kappa shape index (κ3) is 7.69. The number of alkyl halides is 1. The lowest BCUT2D eigenvalue weighted by atomic mass is 9.64. The predicted octanol–water partition coefficient (Wildman–Crippen LogP) is 5.73. The van der Waals surface area contributed by atoms with Gasteiger partial charge in [-0.1, -0.05) is 70.3 Å². The maximum atomic E-state index is 12.5. The molecular formula is C23H41BrO5. The summed E-state index contributed by atoms with van der Waals surface area (Å²) >= 11 is 3.63. The van der Waals surface area contributed by atoms with Crippen LogP contribution in [0.4, 0.5) is 0 Å². The van der Waals surface area contributed by atoms with Gasteiger partial charge in [0.1, 0.15) is 5.78 Å². The first-order valence-electron chi connectivity index (χ1n) is 10.8. The number of carbonyl (C=O) groups excluding carboxylic acids is 2. The largest absolute Gasteiger partial charge is 0.481 e. The molecule has 0 aromatic rings. The van der Waals surface area contributed by atoms with Gasteiger partial charge in [0.05, 0.1) is 18.9 Å². The molecule has 0 saturated carbocycles. The highest BCUT2D eigenvalue weighted by molar-refractivity contribution is 9.09. The Bertz CT molecular complexity index is 545. The number of methoxy groups -OCH3 is 1. The molecule has 0 aliphatic rings. The number of Topliss-reactive ketones (excluding diaryl/α,β-unsaturated/α-hetero) is 1. The number of esters is 1. The van der Waals surface area contributed by atoms with Gasteiger partial charge in [-0.3, -0.25) is 14.4 Å². The fourth-order valence-corrected chi connectivity index (χ4v) is 5.10. The quantitative estimate of drug-likeness (QED) is 0.255. The van der Waals surface area contributed by atoms with Crippen molar-refractivity contribution in [2.45, 2.75) is 85.4 Å². The first-order chi connectivity index (χ1) is 13.4. The van der Waals surface area contributed by atoms with Crippen LogP contribution in [0, 0.1) is 35.0 Å². The highest BCUT2D eigenvalue weighted by Gasteiger charge is 2.43. The van der Waals surface area contributed by atoms with Gasteiger partial charge in [0.25, 0.3) is 0 Å². The van der Waals surface area contributed by atoms with E-state index in [4.69, 9.17) is 4.74 Å². The van der Waals surface area contributed by atoms with Crippen molar-refractivity contribution in [1.82, 2.24) is 0 Å². The van der Waals surface area contributed by atoms with E-state index in [0.717, 1.165) is 12.8 Å². The third-order valence-corrected chi connectivity index (χ3v) is 7.90. The number of carboxylic acids is 1. The van der Waals surface area contributed by atoms with Crippen LogP contribution < -0.4 is 0 Å². The smallest absolute Gasteiger partial charge is 0.308 e. The molecule has 0 amide bonds. The number of hydrogen-bond donors (Lipinski definition) is 1. The molecular weight excluding hydrogens is 436 g/mol. The zero-order valence-corrected chi connectivity index (χ0v) is 21.0. The summed E-state index contributed by atoms with van der Waals surface area (Å²) in [7, 11) is 1.41. The monoisotopic (exact) mass is 476 g/mol. The highest BCUT2D eigenvalue weighted by atomic mass is 79.9. The van der Waals surface area contributed by atoms with Crippen molar-refractivity contribution >= 4 is 33.7 Å². The van der Waals surface area contributed by atoms with Crippen molar-refractivity contribution < 1.29 is 24.2 Å². The Kier molecular flexibility index (Phi) is 12.3. The molecule has 0 rings (SSSR count). The third-order valence-electron chi connectivity index (χ3n) is 6.88. The summed E-state index contributed by atoms with van der Waals surface area (Å²) in [5.74, 6) is -2.22. The van der Waals surface area contributed by atoms with Gasteiger partial charge < -0.3 is 9.84 Å². The number of ether oxygens (including phenoxy) is 1. The summed E-state index contributed by atoms with van der Waals surface area (Å²) in [4.78, 5) is 37.1. The molecule has 6 heteroatoms. The second-order valence-corrected chi connectivity index (χ2v) is 10.2. The number of rotatable bonds is 14. The van der Waals surface area contributed by atoms with Crippen LogP contribution in [0.2, 0.25) is 0 Å². The molecule has 170 valence electrons. The van der Waals surface area contributed by atoms with E-state index in [1.54, 1.807) is 0 Å². The molecule has 0 aliphatic carbocycles. The van der Waals surface area contributed by atoms with Gasteiger partial charge in [-0.25, -0.2) is 0 Å². The zero-order chi connectivity index (χ0) is 22.9. The van der Waals surface area contributed by atoms with Crippen molar-refractivity contribution in [3.8, 4) is 0 Å². The van der Waals surface area contributed by atoms with Gasteiger partial charge in [-0.05, 0) is 43.9 Å². The Balaban J connectivity index is 5.79. The van der Waals surface area contributed by atoms with E-state index in [1.165, 1.54) is 14.0 Å². The van der Waals surface area contributed by atoms with Gasteiger partial charge in [-0.15, -0.1) is 0 Å². The van der Waals surface area contributed by atoms with Crippen molar-refractivity contribution in [3.63, 3.8) is 0 Å². The maximum Gasteiger partial charge on any atom is 0.308 e. The Morgan fingerprint density at radius 1 is 1.00 bits per heavy atom. The zero-order valence-electron chi connectivity index (χ0n) is 19.5. The summed E-state index contributed by atoms with van der Waals surface area (Å²) in [6, 6.07) is 0. The molecule has 0 heterocycles. The van der Waals surface area contributed by atoms with Crippen molar-refractivity contribution in [2.75, 3.05) is 7.11 Å². The van der Waals surface area contributed by atoms with Crippen LogP contribution >= 0.6 is 15.9 Å². The van der Waals surface area contributed by atoms with Crippen molar-refractivity contribution in [3.05, 3.63) is 0 Å². The predicted molar refractivity (Wildman–Crippen MR) is 120 cm³/mol. The van der Waals surface area contributed by atoms with Crippen molar-refractivity contribution in [2.24, 2.45) is 35.0 Å². The van der Waals surface area contributed by atoms with Crippen LogP contribution in [0.1, 0.15) is 80.6 Å². The van der Waals surface area contributed by atoms with E-state index in [0.29, 0.717) is 19.3 Å². The van der Waals surface area contributed by atoms with Crippen LogP contribution in [0.5, 0.6) is 0 Å². The molecule has 0 aromatic heterocycles. The normalized spacial score (nSPS) is 18.2. The fourth-order valence-electron chi connectivity index (χ4n) is 4.69. The Hall–Kier alpha value is -0.910. The molecule has 0 aromatic carbocycles. The Morgan fingerprint density at radius 2 is 1.55 bits per heavy atom. The maximum absolute atomic E-state index is 12.5. The van der Waals surface area contributed by atoms with Gasteiger partial charge >= 0.3 is 11.9 Å². The van der Waals surface area contributed by atoms with Gasteiger partial charge in [0.2, 0.25) is 0 Å². The molecule has 5 nitrogen and oxygen atoms in total. The summed E-state index contributed by atoms with van der Waals surface area (Å²) < 4.78 is 5.08. The number of carboxylic acid groups (broad SMARTS) is 1. The minimum absolute atomic E-state index is 0.00723. The number of hydrogen-bond acceptors (Lipinski definition) is 4. The van der Waals surface area contributed by atoms with Crippen LogP contribution in [0.3, 0.4) is 0 Å². The van der Waals surface area contributed by atoms with E-state index in [-0.39, 0.29) is 40.3 Å². The minimum atomic E-state index is -0.866. The molecule has 29 heavy (non-hydrogen) atoms. The molecule has 0 saturated heterocycles. The average molecular weight is 477 g/mol. The van der Waals surface area contributed by atoms with E-state index >= 15 is 0 Å². The standard InChI is InChI=1S/C23H41BrO5/c1-9-16(24)13-18(22(28)29-8)17(10-2)14(4)12-19(21(26)27)20(11-3)23(6,7)15(5)25/h14,16-20H,9-13H2,1-8H3,(H,26,27). The average Bonchev–Trinajstić information content (AvgIpc) is 2.66. The van der Waals surface area contributed by atoms with E-state index in [1.807, 2.05) is 34.6 Å². The molecule has 6 unspecified atom stereocenters. The number of aliphatic carboxylic acids is 1. The molecule has 1 N–H and O–H groups in total. The van der Waals surface area contributed by atoms with Crippen LogP contribution in [-0.2, 0) is 19.1 Å². The summed E-state index contributed by atoms with van der Waals surface area (Å²) in [5, 5.41) is 9.99. The second kappa shape index (κ2) is 12.7. The number of halogens is 1. The van der Waals surface area contributed by atoms with E-state index in [2.05, 4.69) is 22.9 Å². The minimum Gasteiger partial charge on any atom is -0.481 e. The van der Waals surface area contributed by atoms with Crippen LogP contribution in [0.25, 0.3) is 0 Å². The number of carbonyl (C=O) groups is 3. The van der Waals surface area contributed by atoms with Crippen molar-refractivity contribution in [1.29, 1.82) is 0 Å². The van der Waals surface area contributed by atoms with Gasteiger partial charge in [-0.2, -0.15) is 0 Å². The van der Waals surface area contributed by atoms with Gasteiger partial charge in [0.15, 0.2) is 0 Å². The highest BCUT2D eigenvalue weighted by Crippen LogP contribution is 2.42. The van der Waals surface area contributed by atoms with E-state index in [9.17, 15) is 19.5 Å². The Labute approximate surface area is 185 Å². The summed E-state index contributed by atoms with van der Waals surface area (Å²) in [6.07, 6.45) is 3.40. The molecule has 0 aliphatic heterocycles. The molecule has 0 fully saturated rings. The van der Waals surface area contributed by atoms with Gasteiger partial charge in [0, 0.05) is 10.2 Å². The number of ketones is 1. The van der Waals surface area contributed by atoms with Crippen LogP contribution in [0.15, 0.2) is 0 Å². The molecule has 6 atom stereocenters. The lowest BCUT2D eigenvalue weighted by Crippen LogP contribution is -2.41. The summed E-state index contributed by atoms with van der Waals surface area (Å²) in [6.45, 7) is 13.3. The van der Waals surface area contributed by atoms with E-state index < -0.39 is 17.3 Å². The molecule has 0 radical (unpaired) electrons. The SMILES string of the molecule is CCC(Br)CC(C(=O)OC)C(CC)C(C)CC(C(=O)O)C(CC)C(C)(C)C(C)=O. The first-order valence-corrected chi connectivity index (χ1v) is 11.8. The lowest BCUT2D eigenvalue weighted by Gasteiger charge is -2.38. The van der Waals surface area contributed by atoms with Crippen LogP contribution in [-0.4, -0.2) is 34.8 Å².